The fraction of sp³-hybridized carbons (Fsp3) is 0.143. The quantitative estimate of drug-likeness (QED) is 0.873. The number of nitrogens with zero attached hydrogens (tertiary/aromatic N) is 2. The minimum absolute atomic E-state index is 0.0325. The average molecular weight is 307 g/mol. The van der Waals surface area contributed by atoms with Crippen LogP contribution in [0.1, 0.15) is 12.6 Å². The molecule has 0 saturated carbocycles. The van der Waals surface area contributed by atoms with Crippen molar-refractivity contribution >= 4 is 21.4 Å². The summed E-state index contributed by atoms with van der Waals surface area (Å²) in [5, 5.41) is 9.57. The van der Waals surface area contributed by atoms with Gasteiger partial charge in [-0.2, -0.15) is 5.26 Å². The van der Waals surface area contributed by atoms with E-state index >= 15 is 0 Å². The van der Waals surface area contributed by atoms with Crippen molar-refractivity contribution in [3.63, 3.8) is 0 Å². The van der Waals surface area contributed by atoms with Crippen molar-refractivity contribution in [2.45, 2.75) is 11.8 Å². The van der Waals surface area contributed by atoms with E-state index < -0.39 is 9.84 Å². The van der Waals surface area contributed by atoms with Crippen LogP contribution in [0.25, 0.3) is 11.1 Å². The summed E-state index contributed by atoms with van der Waals surface area (Å²) in [5.74, 6) is -0.0760. The van der Waals surface area contributed by atoms with E-state index in [1.807, 2.05) is 6.07 Å². The molecular weight excluding hydrogens is 296 g/mol. The number of benzene rings is 1. The third kappa shape index (κ3) is 2.82. The first-order valence-electron chi connectivity index (χ1n) is 5.87. The van der Waals surface area contributed by atoms with Crippen molar-refractivity contribution in [1.82, 2.24) is 4.98 Å². The summed E-state index contributed by atoms with van der Waals surface area (Å²) in [6.07, 6.45) is 1.48. The van der Waals surface area contributed by atoms with Gasteiger partial charge in [-0.1, -0.05) is 30.7 Å². The zero-order valence-electron chi connectivity index (χ0n) is 10.7. The van der Waals surface area contributed by atoms with Crippen molar-refractivity contribution in [2.24, 2.45) is 0 Å². The molecule has 102 valence electrons. The second-order valence-electron chi connectivity index (χ2n) is 4.09. The maximum Gasteiger partial charge on any atom is 0.181 e. The van der Waals surface area contributed by atoms with Crippen molar-refractivity contribution in [1.29, 1.82) is 5.26 Å². The summed E-state index contributed by atoms with van der Waals surface area (Å²) < 4.78 is 24.0. The Hall–Kier alpha value is -1.90. The number of nitriles is 1. The smallest absolute Gasteiger partial charge is 0.181 e. The Morgan fingerprint density at radius 2 is 1.90 bits per heavy atom. The van der Waals surface area contributed by atoms with Crippen LogP contribution in [0.3, 0.4) is 0 Å². The number of sulfone groups is 1. The van der Waals surface area contributed by atoms with Crippen LogP contribution in [-0.4, -0.2) is 19.2 Å². The second-order valence-corrected chi connectivity index (χ2v) is 6.78. The van der Waals surface area contributed by atoms with Crippen LogP contribution in [-0.2, 0) is 9.84 Å². The third-order valence-corrected chi connectivity index (χ3v) is 4.84. The van der Waals surface area contributed by atoms with E-state index in [9.17, 15) is 8.42 Å². The number of aromatic nitrogens is 1. The van der Waals surface area contributed by atoms with Gasteiger partial charge in [0.2, 0.25) is 0 Å². The minimum Gasteiger partial charge on any atom is -0.244 e. The van der Waals surface area contributed by atoms with E-state index in [0.717, 1.165) is 5.56 Å². The molecule has 0 radical (unpaired) electrons. The summed E-state index contributed by atoms with van der Waals surface area (Å²) in [5.41, 5.74) is 1.34. The van der Waals surface area contributed by atoms with Crippen LogP contribution in [0.4, 0.5) is 0 Å². The van der Waals surface area contributed by atoms with Crippen LogP contribution < -0.4 is 0 Å². The van der Waals surface area contributed by atoms with Crippen LogP contribution in [0, 0.1) is 11.3 Å². The lowest BCUT2D eigenvalue weighted by Gasteiger charge is -2.07. The lowest BCUT2D eigenvalue weighted by molar-refractivity contribution is 0.596. The number of pyridine rings is 1. The van der Waals surface area contributed by atoms with E-state index in [-0.39, 0.29) is 16.3 Å². The first-order chi connectivity index (χ1) is 9.47. The molecule has 0 amide bonds. The average Bonchev–Trinajstić information content (AvgIpc) is 2.47. The summed E-state index contributed by atoms with van der Waals surface area (Å²) in [6.45, 7) is 1.53. The van der Waals surface area contributed by atoms with Gasteiger partial charge in [0, 0.05) is 16.8 Å². The van der Waals surface area contributed by atoms with Gasteiger partial charge in [0.1, 0.15) is 11.0 Å². The predicted molar refractivity (Wildman–Crippen MR) is 77.1 cm³/mol. The molecule has 2 rings (SSSR count). The molecule has 0 atom stereocenters. The SMILES string of the molecule is CCS(=O)(=O)c1cc(-c2ccc(Cl)cc2)cnc1C#N. The van der Waals surface area contributed by atoms with E-state index in [1.165, 1.54) is 19.2 Å². The Morgan fingerprint density at radius 3 is 2.45 bits per heavy atom. The van der Waals surface area contributed by atoms with Gasteiger partial charge in [0.25, 0.3) is 0 Å². The lowest BCUT2D eigenvalue weighted by Crippen LogP contribution is -2.07. The molecule has 0 aliphatic rings. The van der Waals surface area contributed by atoms with Gasteiger partial charge >= 0.3 is 0 Å². The fourth-order valence-corrected chi connectivity index (χ4v) is 2.86. The van der Waals surface area contributed by atoms with Crippen molar-refractivity contribution in [3.8, 4) is 17.2 Å². The van der Waals surface area contributed by atoms with Crippen LogP contribution >= 0.6 is 11.6 Å². The Balaban J connectivity index is 2.62. The maximum absolute atomic E-state index is 12.0. The highest BCUT2D eigenvalue weighted by molar-refractivity contribution is 7.91. The molecule has 20 heavy (non-hydrogen) atoms. The van der Waals surface area contributed by atoms with Gasteiger partial charge in [-0.3, -0.25) is 0 Å². The predicted octanol–water partition coefficient (Wildman–Crippen LogP) is 3.07. The summed E-state index contributed by atoms with van der Waals surface area (Å²) in [7, 11) is -3.49. The molecule has 0 saturated heterocycles. The molecular formula is C14H11ClN2O2S. The van der Waals surface area contributed by atoms with E-state index in [1.54, 1.807) is 24.3 Å². The molecule has 6 heteroatoms. The molecule has 0 aliphatic heterocycles. The highest BCUT2D eigenvalue weighted by Gasteiger charge is 2.19. The molecule has 0 spiro atoms. The normalized spacial score (nSPS) is 11.1. The summed E-state index contributed by atoms with van der Waals surface area (Å²) in [4.78, 5) is 3.90. The Kier molecular flexibility index (Phi) is 4.07. The van der Waals surface area contributed by atoms with Crippen LogP contribution in [0.5, 0.6) is 0 Å². The summed E-state index contributed by atoms with van der Waals surface area (Å²) in [6, 6.07) is 10.3. The van der Waals surface area contributed by atoms with Gasteiger partial charge in [-0.05, 0) is 23.8 Å². The van der Waals surface area contributed by atoms with Gasteiger partial charge in [0.15, 0.2) is 15.5 Å². The van der Waals surface area contributed by atoms with Gasteiger partial charge in [0.05, 0.1) is 5.75 Å². The first-order valence-corrected chi connectivity index (χ1v) is 7.90. The first kappa shape index (κ1) is 14.5. The number of hydrogen-bond donors (Lipinski definition) is 0. The molecule has 1 heterocycles. The van der Waals surface area contributed by atoms with E-state index in [4.69, 9.17) is 16.9 Å². The molecule has 0 unspecified atom stereocenters. The Labute approximate surface area is 122 Å². The Bertz CT molecular complexity index is 778. The topological polar surface area (TPSA) is 70.8 Å². The number of halogens is 1. The van der Waals surface area contributed by atoms with Crippen LogP contribution in [0.15, 0.2) is 41.4 Å². The molecule has 4 nitrogen and oxygen atoms in total. The minimum atomic E-state index is -3.49. The fourth-order valence-electron chi connectivity index (χ4n) is 1.72. The second kappa shape index (κ2) is 5.61. The molecule has 0 fully saturated rings. The van der Waals surface area contributed by atoms with E-state index in [2.05, 4.69) is 4.98 Å². The third-order valence-electron chi connectivity index (χ3n) is 2.85. The van der Waals surface area contributed by atoms with Crippen molar-refractivity contribution in [3.05, 3.63) is 47.2 Å². The van der Waals surface area contributed by atoms with Gasteiger partial charge in [-0.25, -0.2) is 13.4 Å². The highest BCUT2D eigenvalue weighted by atomic mass is 35.5. The maximum atomic E-state index is 12.0. The highest BCUT2D eigenvalue weighted by Crippen LogP contribution is 2.25. The summed E-state index contributed by atoms with van der Waals surface area (Å²) >= 11 is 5.82. The lowest BCUT2D eigenvalue weighted by atomic mass is 10.1. The zero-order chi connectivity index (χ0) is 14.8. The molecule has 1 aromatic carbocycles. The standard InChI is InChI=1S/C14H11ClN2O2S/c1-2-20(18,19)14-7-11(9-17-13(14)8-16)10-3-5-12(15)6-4-10/h3-7,9H,2H2,1H3. The van der Waals surface area contributed by atoms with Crippen molar-refractivity contribution < 1.29 is 8.42 Å². The zero-order valence-corrected chi connectivity index (χ0v) is 12.2. The van der Waals surface area contributed by atoms with Gasteiger partial charge < -0.3 is 0 Å². The molecule has 0 bridgehead atoms. The number of hydrogen-bond acceptors (Lipinski definition) is 4. The van der Waals surface area contributed by atoms with Crippen LogP contribution in [0.2, 0.25) is 5.02 Å². The van der Waals surface area contributed by atoms with E-state index in [0.29, 0.717) is 10.6 Å². The van der Waals surface area contributed by atoms with Gasteiger partial charge in [-0.15, -0.1) is 0 Å². The molecule has 0 aliphatic carbocycles. The molecule has 1 aromatic heterocycles. The monoisotopic (exact) mass is 306 g/mol. The largest absolute Gasteiger partial charge is 0.244 e. The molecule has 2 aromatic rings. The Morgan fingerprint density at radius 1 is 1.25 bits per heavy atom. The van der Waals surface area contributed by atoms with Crippen molar-refractivity contribution in [2.75, 3.05) is 5.75 Å². The molecule has 0 N–H and O–H groups in total. The number of rotatable bonds is 3.